The monoisotopic (exact) mass is 266 g/mol. The fraction of sp³-hybridized carbons (Fsp3) is 0.714. The molecule has 0 spiro atoms. The van der Waals surface area contributed by atoms with E-state index in [1.165, 1.54) is 0 Å². The molecular weight excluding hydrogens is 240 g/mol. The van der Waals surface area contributed by atoms with Crippen LogP contribution >= 0.6 is 0 Å². The maximum absolute atomic E-state index is 5.80. The van der Waals surface area contributed by atoms with Crippen molar-refractivity contribution < 1.29 is 4.74 Å². The van der Waals surface area contributed by atoms with Crippen LogP contribution < -0.4 is 15.4 Å². The van der Waals surface area contributed by atoms with Crippen molar-refractivity contribution in [2.75, 3.05) is 31.1 Å². The summed E-state index contributed by atoms with van der Waals surface area (Å²) in [5.74, 6) is 1.35. The number of aryl methyl sites for hydroxylation is 1. The van der Waals surface area contributed by atoms with E-state index in [2.05, 4.69) is 35.6 Å². The fourth-order valence-electron chi connectivity index (χ4n) is 1.79. The van der Waals surface area contributed by atoms with Gasteiger partial charge in [-0.2, -0.15) is 4.98 Å². The van der Waals surface area contributed by atoms with Gasteiger partial charge in [0.15, 0.2) is 0 Å². The largest absolute Gasteiger partial charge is 0.478 e. The van der Waals surface area contributed by atoms with E-state index in [4.69, 9.17) is 10.5 Å². The van der Waals surface area contributed by atoms with Crippen LogP contribution in [0.3, 0.4) is 0 Å². The summed E-state index contributed by atoms with van der Waals surface area (Å²) in [5.41, 5.74) is 6.75. The van der Waals surface area contributed by atoms with Crippen LogP contribution in [0.25, 0.3) is 0 Å². The first kappa shape index (κ1) is 15.7. The number of nitrogens with two attached hydrogens (primary N) is 1. The predicted octanol–water partition coefficient (Wildman–Crippen LogP) is 1.99. The van der Waals surface area contributed by atoms with Gasteiger partial charge in [0.25, 0.3) is 0 Å². The number of hydrogen-bond donors (Lipinski definition) is 1. The third kappa shape index (κ3) is 4.67. The van der Waals surface area contributed by atoms with Crippen LogP contribution in [-0.4, -0.2) is 36.2 Å². The summed E-state index contributed by atoms with van der Waals surface area (Å²) in [6.07, 6.45) is 0. The van der Waals surface area contributed by atoms with E-state index in [-0.39, 0.29) is 5.41 Å². The van der Waals surface area contributed by atoms with Gasteiger partial charge in [-0.15, -0.1) is 0 Å². The van der Waals surface area contributed by atoms with Crippen molar-refractivity contribution in [2.45, 2.75) is 34.6 Å². The fourth-order valence-corrected chi connectivity index (χ4v) is 1.79. The molecule has 0 radical (unpaired) electrons. The lowest BCUT2D eigenvalue weighted by Crippen LogP contribution is -2.39. The Morgan fingerprint density at radius 2 is 2.00 bits per heavy atom. The van der Waals surface area contributed by atoms with Crippen molar-refractivity contribution in [1.82, 2.24) is 9.97 Å². The van der Waals surface area contributed by atoms with Crippen LogP contribution in [0.1, 0.15) is 33.4 Å². The molecule has 5 nitrogen and oxygen atoms in total. The Labute approximate surface area is 116 Å². The molecule has 0 aliphatic carbocycles. The van der Waals surface area contributed by atoms with Crippen molar-refractivity contribution in [1.29, 1.82) is 0 Å². The van der Waals surface area contributed by atoms with E-state index in [1.54, 1.807) is 0 Å². The second-order valence-electron chi connectivity index (χ2n) is 5.46. The summed E-state index contributed by atoms with van der Waals surface area (Å²) in [7, 11) is 0. The number of aromatic nitrogens is 2. The topological polar surface area (TPSA) is 64.3 Å². The van der Waals surface area contributed by atoms with Gasteiger partial charge in [0.1, 0.15) is 0 Å². The van der Waals surface area contributed by atoms with Crippen molar-refractivity contribution in [3.05, 3.63) is 11.8 Å². The molecule has 0 aromatic carbocycles. The zero-order chi connectivity index (χ0) is 14.5. The third-order valence-corrected chi connectivity index (χ3v) is 2.95. The van der Waals surface area contributed by atoms with Crippen LogP contribution in [0.15, 0.2) is 6.07 Å². The van der Waals surface area contributed by atoms with Gasteiger partial charge in [-0.05, 0) is 32.7 Å². The molecule has 2 N–H and O–H groups in total. The van der Waals surface area contributed by atoms with E-state index in [0.717, 1.165) is 18.8 Å². The highest BCUT2D eigenvalue weighted by Gasteiger charge is 2.21. The van der Waals surface area contributed by atoms with Gasteiger partial charge in [0.2, 0.25) is 11.8 Å². The summed E-state index contributed by atoms with van der Waals surface area (Å²) in [6, 6.07) is 1.86. The molecule has 108 valence electrons. The number of anilines is 1. The van der Waals surface area contributed by atoms with Gasteiger partial charge in [0, 0.05) is 24.8 Å². The Morgan fingerprint density at radius 3 is 2.53 bits per heavy atom. The Morgan fingerprint density at radius 1 is 1.32 bits per heavy atom. The van der Waals surface area contributed by atoms with E-state index in [9.17, 15) is 0 Å². The number of rotatable bonds is 7. The highest BCUT2D eigenvalue weighted by molar-refractivity contribution is 5.34. The summed E-state index contributed by atoms with van der Waals surface area (Å²) in [4.78, 5) is 11.1. The molecule has 1 aromatic heterocycles. The van der Waals surface area contributed by atoms with Gasteiger partial charge < -0.3 is 15.4 Å². The molecule has 1 aromatic rings. The van der Waals surface area contributed by atoms with Crippen LogP contribution in [0.4, 0.5) is 5.95 Å². The average Bonchev–Trinajstić information content (AvgIpc) is 2.35. The number of hydrogen-bond acceptors (Lipinski definition) is 5. The standard InChI is InChI=1S/C14H26N4O/c1-6-18(10-14(4,5)9-15)13-16-11(3)8-12(17-13)19-7-2/h8H,6-7,9-10,15H2,1-5H3. The van der Waals surface area contributed by atoms with Crippen LogP contribution in [-0.2, 0) is 0 Å². The zero-order valence-corrected chi connectivity index (χ0v) is 12.7. The van der Waals surface area contributed by atoms with Crippen molar-refractivity contribution >= 4 is 5.95 Å². The quantitative estimate of drug-likeness (QED) is 0.817. The zero-order valence-electron chi connectivity index (χ0n) is 12.7. The molecule has 0 amide bonds. The molecule has 5 heteroatoms. The molecular formula is C14H26N4O. The number of ether oxygens (including phenoxy) is 1. The second kappa shape index (κ2) is 6.70. The van der Waals surface area contributed by atoms with Crippen molar-refractivity contribution in [3.8, 4) is 5.88 Å². The van der Waals surface area contributed by atoms with Crippen LogP contribution in [0, 0.1) is 12.3 Å². The highest BCUT2D eigenvalue weighted by Crippen LogP contribution is 2.20. The lowest BCUT2D eigenvalue weighted by Gasteiger charge is -2.31. The van der Waals surface area contributed by atoms with E-state index < -0.39 is 0 Å². The predicted molar refractivity (Wildman–Crippen MR) is 78.7 cm³/mol. The Hall–Kier alpha value is -1.36. The molecule has 0 bridgehead atoms. The van der Waals surface area contributed by atoms with Crippen molar-refractivity contribution in [2.24, 2.45) is 11.1 Å². The van der Waals surface area contributed by atoms with Crippen LogP contribution in [0.2, 0.25) is 0 Å². The van der Waals surface area contributed by atoms with Gasteiger partial charge in [-0.1, -0.05) is 13.8 Å². The molecule has 1 rings (SSSR count). The van der Waals surface area contributed by atoms with E-state index >= 15 is 0 Å². The molecule has 0 atom stereocenters. The molecule has 19 heavy (non-hydrogen) atoms. The third-order valence-electron chi connectivity index (χ3n) is 2.95. The van der Waals surface area contributed by atoms with Gasteiger partial charge in [-0.3, -0.25) is 0 Å². The summed E-state index contributed by atoms with van der Waals surface area (Å²) >= 11 is 0. The average molecular weight is 266 g/mol. The minimum absolute atomic E-state index is 0.0366. The molecule has 1 heterocycles. The van der Waals surface area contributed by atoms with Gasteiger partial charge in [-0.25, -0.2) is 4.98 Å². The van der Waals surface area contributed by atoms with Gasteiger partial charge >= 0.3 is 0 Å². The Kier molecular flexibility index (Phi) is 5.54. The van der Waals surface area contributed by atoms with E-state index in [1.807, 2.05) is 19.9 Å². The maximum atomic E-state index is 5.80. The lowest BCUT2D eigenvalue weighted by atomic mass is 9.93. The maximum Gasteiger partial charge on any atom is 0.228 e. The summed E-state index contributed by atoms with van der Waals surface area (Å²) in [5, 5.41) is 0. The minimum Gasteiger partial charge on any atom is -0.478 e. The summed E-state index contributed by atoms with van der Waals surface area (Å²) < 4.78 is 5.48. The van der Waals surface area contributed by atoms with Crippen LogP contribution in [0.5, 0.6) is 5.88 Å². The minimum atomic E-state index is 0.0366. The lowest BCUT2D eigenvalue weighted by molar-refractivity contribution is 0.324. The SMILES string of the molecule is CCOc1cc(C)nc(N(CC)CC(C)(C)CN)n1. The molecule has 0 aliphatic heterocycles. The smallest absolute Gasteiger partial charge is 0.228 e. The van der Waals surface area contributed by atoms with E-state index in [0.29, 0.717) is 25.0 Å². The van der Waals surface area contributed by atoms with Gasteiger partial charge in [0.05, 0.1) is 6.61 Å². The summed E-state index contributed by atoms with van der Waals surface area (Å²) in [6.45, 7) is 13.2. The molecule has 0 fully saturated rings. The normalized spacial score (nSPS) is 11.5. The highest BCUT2D eigenvalue weighted by atomic mass is 16.5. The first-order chi connectivity index (χ1) is 8.91. The molecule has 0 saturated carbocycles. The molecule has 0 aliphatic rings. The first-order valence-electron chi connectivity index (χ1n) is 6.85. The Bertz CT molecular complexity index is 406. The molecule has 0 saturated heterocycles. The first-order valence-corrected chi connectivity index (χ1v) is 6.85. The Balaban J connectivity index is 2.97. The second-order valence-corrected chi connectivity index (χ2v) is 5.46. The molecule has 0 unspecified atom stereocenters. The number of nitrogens with zero attached hydrogens (tertiary/aromatic N) is 3. The van der Waals surface area contributed by atoms with Crippen molar-refractivity contribution in [3.63, 3.8) is 0 Å².